The maximum absolute atomic E-state index is 12.7. The number of nitrogens with zero attached hydrogens (tertiary/aromatic N) is 2. The van der Waals surface area contributed by atoms with Gasteiger partial charge in [-0.2, -0.15) is 13.2 Å². The number of fused-ring (bicyclic) bond motifs is 2. The molecule has 0 aromatic carbocycles. The first-order chi connectivity index (χ1) is 9.44. The Labute approximate surface area is 112 Å². The Morgan fingerprint density at radius 2 is 2.35 bits per heavy atom. The number of anilines is 1. The SMILES string of the molecule is O=CO[C@]12CN[C@@H](CN1c1cc(C(F)(F)F)ccn1)C2. The second-order valence-electron chi connectivity index (χ2n) is 4.95. The largest absolute Gasteiger partial charge is 0.440 e. The van der Waals surface area contributed by atoms with Crippen molar-refractivity contribution in [3.05, 3.63) is 23.9 Å². The first kappa shape index (κ1) is 13.2. The van der Waals surface area contributed by atoms with Crippen molar-refractivity contribution >= 4 is 12.3 Å². The van der Waals surface area contributed by atoms with Crippen molar-refractivity contribution in [1.29, 1.82) is 0 Å². The second kappa shape index (κ2) is 4.34. The minimum absolute atomic E-state index is 0.0892. The van der Waals surface area contributed by atoms with Crippen LogP contribution >= 0.6 is 0 Å². The second-order valence-corrected chi connectivity index (χ2v) is 4.95. The van der Waals surface area contributed by atoms with Gasteiger partial charge in [0.1, 0.15) is 5.82 Å². The van der Waals surface area contributed by atoms with Crippen LogP contribution in [0.3, 0.4) is 0 Å². The Kier molecular flexibility index (Phi) is 2.86. The van der Waals surface area contributed by atoms with Crippen LogP contribution in [0.5, 0.6) is 0 Å². The van der Waals surface area contributed by atoms with Crippen LogP contribution in [0.15, 0.2) is 18.3 Å². The van der Waals surface area contributed by atoms with Crippen molar-refractivity contribution in [3.63, 3.8) is 0 Å². The van der Waals surface area contributed by atoms with Crippen LogP contribution in [0.25, 0.3) is 0 Å². The number of aromatic nitrogens is 1. The van der Waals surface area contributed by atoms with Gasteiger partial charge in [0.25, 0.3) is 6.47 Å². The number of nitrogens with one attached hydrogen (secondary N) is 1. The molecule has 108 valence electrons. The Hall–Kier alpha value is -1.83. The highest BCUT2D eigenvalue weighted by molar-refractivity contribution is 5.50. The molecular formula is C12H12F3N3O2. The van der Waals surface area contributed by atoms with E-state index in [1.807, 2.05) is 0 Å². The van der Waals surface area contributed by atoms with Gasteiger partial charge in [0.2, 0.25) is 5.72 Å². The van der Waals surface area contributed by atoms with Crippen LogP contribution in [0, 0.1) is 0 Å². The Bertz CT molecular complexity index is 537. The molecule has 1 N–H and O–H groups in total. The molecule has 3 rings (SSSR count). The molecule has 0 amide bonds. The molecule has 0 radical (unpaired) electrons. The number of halogens is 3. The number of ether oxygens (including phenoxy) is 1. The van der Waals surface area contributed by atoms with E-state index in [1.54, 1.807) is 4.90 Å². The highest BCUT2D eigenvalue weighted by Crippen LogP contribution is 2.39. The summed E-state index contributed by atoms with van der Waals surface area (Å²) in [5.74, 6) is 0.172. The smallest absolute Gasteiger partial charge is 0.416 e. The molecule has 2 saturated heterocycles. The van der Waals surface area contributed by atoms with Crippen molar-refractivity contribution in [3.8, 4) is 0 Å². The molecule has 1 aromatic heterocycles. The van der Waals surface area contributed by atoms with E-state index < -0.39 is 17.5 Å². The normalized spacial score (nSPS) is 28.8. The monoisotopic (exact) mass is 287 g/mol. The van der Waals surface area contributed by atoms with E-state index in [9.17, 15) is 18.0 Å². The molecule has 0 aliphatic carbocycles. The molecule has 0 spiro atoms. The molecule has 0 unspecified atom stereocenters. The third-order valence-corrected chi connectivity index (χ3v) is 3.74. The van der Waals surface area contributed by atoms with Gasteiger partial charge in [0, 0.05) is 25.2 Å². The van der Waals surface area contributed by atoms with Crippen LogP contribution in [0.2, 0.25) is 0 Å². The fourth-order valence-electron chi connectivity index (χ4n) is 2.84. The lowest BCUT2D eigenvalue weighted by atomic mass is 10.2. The zero-order valence-corrected chi connectivity index (χ0v) is 10.4. The number of pyridine rings is 1. The molecule has 3 heterocycles. The van der Waals surface area contributed by atoms with Crippen molar-refractivity contribution in [2.24, 2.45) is 0 Å². The van der Waals surface area contributed by atoms with Gasteiger partial charge in [-0.3, -0.25) is 4.79 Å². The minimum Gasteiger partial charge on any atom is -0.440 e. The molecule has 2 aliphatic rings. The van der Waals surface area contributed by atoms with Gasteiger partial charge < -0.3 is 15.0 Å². The molecule has 20 heavy (non-hydrogen) atoms. The summed E-state index contributed by atoms with van der Waals surface area (Å²) in [4.78, 5) is 16.3. The predicted octanol–water partition coefficient (Wildman–Crippen LogP) is 1.15. The Balaban J connectivity index is 1.95. The molecule has 2 aliphatic heterocycles. The Morgan fingerprint density at radius 3 is 3.00 bits per heavy atom. The van der Waals surface area contributed by atoms with Crippen molar-refractivity contribution in [2.45, 2.75) is 24.4 Å². The van der Waals surface area contributed by atoms with Gasteiger partial charge in [-0.1, -0.05) is 0 Å². The standard InChI is InChI=1S/C12H12F3N3O2/c13-12(14,15)8-1-2-16-10(3-8)18-5-9-4-11(18,6-17-9)20-7-19/h1-3,7,9,17H,4-6H2/t9-,11-/m1/s1. The first-order valence-electron chi connectivity index (χ1n) is 6.10. The average Bonchev–Trinajstić information content (AvgIpc) is 2.96. The van der Waals surface area contributed by atoms with Crippen molar-refractivity contribution in [1.82, 2.24) is 10.3 Å². The number of piperazine rings is 1. The van der Waals surface area contributed by atoms with Crippen LogP contribution < -0.4 is 10.2 Å². The summed E-state index contributed by atoms with van der Waals surface area (Å²) in [5.41, 5.74) is -1.69. The molecule has 1 aromatic rings. The maximum atomic E-state index is 12.7. The lowest BCUT2D eigenvalue weighted by molar-refractivity contribution is -0.141. The van der Waals surface area contributed by atoms with Crippen molar-refractivity contribution in [2.75, 3.05) is 18.0 Å². The van der Waals surface area contributed by atoms with E-state index in [0.29, 0.717) is 26.0 Å². The predicted molar refractivity (Wildman–Crippen MR) is 62.9 cm³/mol. The lowest BCUT2D eigenvalue weighted by Crippen LogP contribution is -2.54. The molecule has 2 atom stereocenters. The Morgan fingerprint density at radius 1 is 1.55 bits per heavy atom. The summed E-state index contributed by atoms with van der Waals surface area (Å²) >= 11 is 0. The van der Waals surface area contributed by atoms with Crippen LogP contribution in [0.1, 0.15) is 12.0 Å². The van der Waals surface area contributed by atoms with E-state index in [4.69, 9.17) is 4.74 Å². The number of alkyl halides is 3. The van der Waals surface area contributed by atoms with E-state index in [0.717, 1.165) is 18.3 Å². The number of rotatable bonds is 3. The average molecular weight is 287 g/mol. The molecule has 2 bridgehead atoms. The summed E-state index contributed by atoms with van der Waals surface area (Å²) in [6.45, 7) is 1.17. The molecule has 8 heteroatoms. The van der Waals surface area contributed by atoms with Gasteiger partial charge in [0.05, 0.1) is 12.1 Å². The van der Waals surface area contributed by atoms with Crippen LogP contribution in [-0.4, -0.2) is 36.3 Å². The molecule has 0 saturated carbocycles. The molecular weight excluding hydrogens is 275 g/mol. The quantitative estimate of drug-likeness (QED) is 0.845. The molecule has 2 fully saturated rings. The van der Waals surface area contributed by atoms with Crippen LogP contribution in [-0.2, 0) is 15.7 Å². The minimum atomic E-state index is -4.42. The van der Waals surface area contributed by atoms with Gasteiger partial charge >= 0.3 is 6.18 Å². The molecule has 5 nitrogen and oxygen atoms in total. The van der Waals surface area contributed by atoms with E-state index in [-0.39, 0.29) is 11.9 Å². The van der Waals surface area contributed by atoms with E-state index in [2.05, 4.69) is 10.3 Å². The lowest BCUT2D eigenvalue weighted by Gasteiger charge is -2.37. The van der Waals surface area contributed by atoms with E-state index >= 15 is 0 Å². The maximum Gasteiger partial charge on any atom is 0.416 e. The van der Waals surface area contributed by atoms with Gasteiger partial charge in [-0.05, 0) is 12.1 Å². The van der Waals surface area contributed by atoms with Gasteiger partial charge in [-0.25, -0.2) is 4.98 Å². The van der Waals surface area contributed by atoms with Gasteiger partial charge in [0.15, 0.2) is 0 Å². The number of carbonyl (C=O) groups excluding carboxylic acids is 1. The summed E-state index contributed by atoms with van der Waals surface area (Å²) in [6, 6.07) is 1.99. The number of hydrogen-bond donors (Lipinski definition) is 1. The summed E-state index contributed by atoms with van der Waals surface area (Å²) in [7, 11) is 0. The van der Waals surface area contributed by atoms with Crippen molar-refractivity contribution < 1.29 is 22.7 Å². The fourth-order valence-corrected chi connectivity index (χ4v) is 2.84. The highest BCUT2D eigenvalue weighted by atomic mass is 19.4. The highest BCUT2D eigenvalue weighted by Gasteiger charge is 2.53. The summed E-state index contributed by atoms with van der Waals surface area (Å²) in [5, 5.41) is 3.15. The first-order valence-corrected chi connectivity index (χ1v) is 6.10. The number of hydrogen-bond acceptors (Lipinski definition) is 5. The topological polar surface area (TPSA) is 54.5 Å². The van der Waals surface area contributed by atoms with Gasteiger partial charge in [-0.15, -0.1) is 0 Å². The summed E-state index contributed by atoms with van der Waals surface area (Å²) in [6.07, 6.45) is -2.76. The van der Waals surface area contributed by atoms with E-state index in [1.165, 1.54) is 0 Å². The zero-order chi connectivity index (χ0) is 14.4. The van der Waals surface area contributed by atoms with Crippen LogP contribution in [0.4, 0.5) is 19.0 Å². The third-order valence-electron chi connectivity index (χ3n) is 3.74. The zero-order valence-electron chi connectivity index (χ0n) is 10.4. The number of carbonyl (C=O) groups is 1. The third kappa shape index (κ3) is 2.00. The fraction of sp³-hybridized carbons (Fsp3) is 0.500. The summed E-state index contributed by atoms with van der Waals surface area (Å²) < 4.78 is 43.4.